The number of anilines is 12. The van der Waals surface area contributed by atoms with Crippen LogP contribution in [0.5, 0.6) is 0 Å². The van der Waals surface area contributed by atoms with Gasteiger partial charge in [0.05, 0.1) is 34.1 Å². The van der Waals surface area contributed by atoms with Crippen molar-refractivity contribution in [2.45, 2.75) is 27.7 Å². The Labute approximate surface area is 633 Å². The second-order valence-electron chi connectivity index (χ2n) is 27.4. The minimum Gasteiger partial charge on any atom is -0.310 e. The van der Waals surface area contributed by atoms with Crippen LogP contribution in [0, 0.1) is 27.7 Å². The Morgan fingerprint density at radius 1 is 0.139 bits per heavy atom. The van der Waals surface area contributed by atoms with E-state index in [1.165, 1.54) is 166 Å². The van der Waals surface area contributed by atoms with Gasteiger partial charge in [0.2, 0.25) is 0 Å². The van der Waals surface area contributed by atoms with Crippen LogP contribution in [0.3, 0.4) is 0 Å². The molecule has 0 aliphatic carbocycles. The highest BCUT2D eigenvalue weighted by Gasteiger charge is 2.22. The number of fused-ring (bicyclic) bond motifs is 7. The highest BCUT2D eigenvalue weighted by Crippen LogP contribution is 2.47. The summed E-state index contributed by atoms with van der Waals surface area (Å²) in [6, 6.07) is 151. The molecule has 0 fully saturated rings. The summed E-state index contributed by atoms with van der Waals surface area (Å²) in [6.07, 6.45) is 0. The number of para-hydroxylation sites is 3. The minimum atomic E-state index is 1.17. The van der Waals surface area contributed by atoms with Crippen molar-refractivity contribution >= 4 is 144 Å². The van der Waals surface area contributed by atoms with Gasteiger partial charge in [-0.25, -0.2) is 0 Å². The van der Waals surface area contributed by atoms with E-state index in [2.05, 4.69) is 472 Å². The Kier molecular flexibility index (Phi) is 20.1. The smallest absolute Gasteiger partial charge is 0.0540 e. The first-order valence-corrected chi connectivity index (χ1v) is 37.1. The molecule has 108 heavy (non-hydrogen) atoms. The van der Waals surface area contributed by atoms with E-state index in [0.717, 1.165) is 0 Å². The van der Waals surface area contributed by atoms with E-state index in [1.807, 2.05) is 0 Å². The molecule has 0 atom stereocenters. The molecule has 0 aliphatic heterocycles. The van der Waals surface area contributed by atoms with Crippen molar-refractivity contribution < 1.29 is 0 Å². The zero-order chi connectivity index (χ0) is 73.1. The van der Waals surface area contributed by atoms with Gasteiger partial charge >= 0.3 is 0 Å². The number of aryl methyl sites for hydroxylation is 4. The summed E-state index contributed by atoms with van der Waals surface area (Å²) in [6.45, 7) is 8.61. The average molecular weight is 1390 g/mol. The van der Waals surface area contributed by atoms with E-state index in [4.69, 9.17) is 0 Å². The number of benzene rings is 19. The quantitative estimate of drug-likeness (QED) is 0.121. The van der Waals surface area contributed by atoms with Crippen molar-refractivity contribution in [1.82, 2.24) is 0 Å². The van der Waals surface area contributed by atoms with Gasteiger partial charge < -0.3 is 19.6 Å². The maximum Gasteiger partial charge on any atom is 0.0540 e. The van der Waals surface area contributed by atoms with E-state index in [1.54, 1.807) is 0 Å². The lowest BCUT2D eigenvalue weighted by Gasteiger charge is -2.29. The van der Waals surface area contributed by atoms with Crippen molar-refractivity contribution in [2.24, 2.45) is 0 Å². The van der Waals surface area contributed by atoms with Crippen LogP contribution in [0.2, 0.25) is 0 Å². The van der Waals surface area contributed by atoms with Gasteiger partial charge in [0.25, 0.3) is 0 Å². The lowest BCUT2D eigenvalue weighted by atomic mass is 10.0. The molecule has 19 aromatic carbocycles. The Morgan fingerprint density at radius 3 is 0.787 bits per heavy atom. The first-order chi connectivity index (χ1) is 53.3. The zero-order valence-corrected chi connectivity index (χ0v) is 61.2. The highest BCUT2D eigenvalue weighted by molar-refractivity contribution is 6.08. The summed E-state index contributed by atoms with van der Waals surface area (Å²) < 4.78 is 0. The lowest BCUT2D eigenvalue weighted by Crippen LogP contribution is -2.12. The Hall–Kier alpha value is -13.8. The third-order valence-corrected chi connectivity index (χ3v) is 20.3. The Balaban J connectivity index is 0.000000110. The van der Waals surface area contributed by atoms with E-state index in [0.29, 0.717) is 0 Å². The molecular weight excluding hydrogens is 1310 g/mol. The minimum absolute atomic E-state index is 1.17. The number of rotatable bonds is 12. The maximum absolute atomic E-state index is 2.40. The third kappa shape index (κ3) is 14.5. The van der Waals surface area contributed by atoms with Crippen LogP contribution in [0.25, 0.3) is 75.4 Å². The molecule has 0 aromatic heterocycles. The van der Waals surface area contributed by atoms with Crippen LogP contribution in [0.4, 0.5) is 68.2 Å². The fraction of sp³-hybridized carbons (Fsp3) is 0.0385. The van der Waals surface area contributed by atoms with Crippen molar-refractivity contribution in [1.29, 1.82) is 0 Å². The SMILES string of the molecule is Cc1ccc(N(c2cccc3ccccc23)c2cccc3ccccc23)cc1.Cc1cccc(N(c2cccc3ccccc23)c2cccc3ccccc23)c1.Cc1ccccc1N(c1cccc2ccccc12)c1cccc2ccccc12.Cc1ccccc1N(c1ccccc1)c1ccc2ccccc2c1. The zero-order valence-electron chi connectivity index (χ0n) is 61.2. The first kappa shape index (κ1) is 68.6. The van der Waals surface area contributed by atoms with E-state index < -0.39 is 0 Å². The largest absolute Gasteiger partial charge is 0.310 e. The van der Waals surface area contributed by atoms with Crippen LogP contribution in [0.1, 0.15) is 22.3 Å². The molecule has 0 bridgehead atoms. The van der Waals surface area contributed by atoms with E-state index in [-0.39, 0.29) is 0 Å². The normalized spacial score (nSPS) is 11.0. The molecule has 0 saturated heterocycles. The molecule has 0 N–H and O–H groups in total. The van der Waals surface area contributed by atoms with Crippen LogP contribution >= 0.6 is 0 Å². The summed E-state index contributed by atoms with van der Waals surface area (Å²) in [4.78, 5) is 9.49. The molecule has 4 heteroatoms. The molecule has 0 aliphatic rings. The highest BCUT2D eigenvalue weighted by atomic mass is 15.2. The summed E-state index contributed by atoms with van der Waals surface area (Å²) in [7, 11) is 0. The second-order valence-corrected chi connectivity index (χ2v) is 27.4. The number of hydrogen-bond donors (Lipinski definition) is 0. The van der Waals surface area contributed by atoms with Crippen molar-refractivity contribution in [3.63, 3.8) is 0 Å². The van der Waals surface area contributed by atoms with Crippen LogP contribution in [-0.4, -0.2) is 0 Å². The summed E-state index contributed by atoms with van der Waals surface area (Å²) in [5.41, 5.74) is 19.3. The van der Waals surface area contributed by atoms with Gasteiger partial charge in [-0.2, -0.15) is 0 Å². The fourth-order valence-corrected chi connectivity index (χ4v) is 15.0. The Bertz CT molecular complexity index is 6090. The number of hydrogen-bond acceptors (Lipinski definition) is 4. The van der Waals surface area contributed by atoms with Gasteiger partial charge in [-0.1, -0.05) is 333 Å². The van der Waals surface area contributed by atoms with Crippen LogP contribution in [0.15, 0.2) is 425 Å². The molecule has 0 amide bonds. The second kappa shape index (κ2) is 31.7. The third-order valence-electron chi connectivity index (χ3n) is 20.3. The maximum atomic E-state index is 2.40. The van der Waals surface area contributed by atoms with Gasteiger partial charge in [-0.3, -0.25) is 0 Å². The number of nitrogens with zero attached hydrogens (tertiary/aromatic N) is 4. The van der Waals surface area contributed by atoms with E-state index >= 15 is 0 Å². The summed E-state index contributed by atoms with van der Waals surface area (Å²) in [5, 5.41) is 17.5. The van der Waals surface area contributed by atoms with Crippen LogP contribution < -0.4 is 19.6 Å². The predicted octanol–water partition coefficient (Wildman–Crippen LogP) is 29.9. The average Bonchev–Trinajstić information content (AvgIpc) is 0.774. The molecule has 19 aromatic rings. The summed E-state index contributed by atoms with van der Waals surface area (Å²) in [5.74, 6) is 0. The molecular formula is C104H82N4. The molecule has 0 saturated carbocycles. The standard InChI is InChI=1S/3C27H21N.C23H19N/c1-20-10-2-7-17-25(20)28(26-18-8-13-21-11-3-5-15-23(21)26)27-19-9-14-22-12-4-6-16-24(22)27;1-20-9-6-14-23(19-20)28(26-17-7-12-21-10-2-4-15-24(21)26)27-18-8-13-22-11-3-5-16-25(22)27;1-20-16-18-23(19-17-20)28(26-14-6-10-21-8-2-4-12-24(21)26)27-15-7-11-22-9-3-5-13-25(22)27;1-18-9-5-8-14-23(18)24(21-12-3-2-4-13-21)22-16-15-19-10-6-7-11-20(19)17-22/h3*2-19H,1H3;2-17H,1H3. The molecule has 518 valence electrons. The Morgan fingerprint density at radius 2 is 0.398 bits per heavy atom. The van der Waals surface area contributed by atoms with Gasteiger partial charge in [-0.05, 0) is 185 Å². The van der Waals surface area contributed by atoms with Crippen molar-refractivity contribution in [3.8, 4) is 0 Å². The van der Waals surface area contributed by atoms with Crippen LogP contribution in [-0.2, 0) is 0 Å². The molecule has 0 unspecified atom stereocenters. The van der Waals surface area contributed by atoms with Crippen molar-refractivity contribution in [2.75, 3.05) is 19.6 Å². The van der Waals surface area contributed by atoms with Gasteiger partial charge in [0.15, 0.2) is 0 Å². The molecule has 0 heterocycles. The first-order valence-electron chi connectivity index (χ1n) is 37.1. The summed E-state index contributed by atoms with van der Waals surface area (Å²) >= 11 is 0. The fourth-order valence-electron chi connectivity index (χ4n) is 15.0. The molecule has 0 spiro atoms. The monoisotopic (exact) mass is 1390 g/mol. The lowest BCUT2D eigenvalue weighted by molar-refractivity contribution is 1.25. The molecule has 19 rings (SSSR count). The van der Waals surface area contributed by atoms with E-state index in [9.17, 15) is 0 Å². The topological polar surface area (TPSA) is 13.0 Å². The van der Waals surface area contributed by atoms with Gasteiger partial charge in [0, 0.05) is 66.4 Å². The van der Waals surface area contributed by atoms with Gasteiger partial charge in [-0.15, -0.1) is 0 Å². The van der Waals surface area contributed by atoms with Crippen molar-refractivity contribution in [3.05, 3.63) is 447 Å². The van der Waals surface area contributed by atoms with Gasteiger partial charge in [0.1, 0.15) is 0 Å². The predicted molar refractivity (Wildman–Crippen MR) is 466 cm³/mol. The molecule has 0 radical (unpaired) electrons. The molecule has 4 nitrogen and oxygen atoms in total.